The first-order chi connectivity index (χ1) is 6.76. The fourth-order valence-corrected chi connectivity index (χ4v) is 1.20. The van der Waals surface area contributed by atoms with Gasteiger partial charge in [0.25, 0.3) is 0 Å². The molecule has 0 aromatic rings. The summed E-state index contributed by atoms with van der Waals surface area (Å²) >= 11 is 0. The molecule has 0 bridgehead atoms. The van der Waals surface area contributed by atoms with Crippen LogP contribution in [0.3, 0.4) is 0 Å². The Morgan fingerprint density at radius 2 is 2.36 bits per heavy atom. The molecule has 1 unspecified atom stereocenters. The molecule has 1 amide bonds. The van der Waals surface area contributed by atoms with Crippen LogP contribution in [0, 0.1) is 0 Å². The second-order valence-electron chi connectivity index (χ2n) is 3.44. The Morgan fingerprint density at radius 1 is 1.64 bits per heavy atom. The van der Waals surface area contributed by atoms with Crippen LogP contribution in [0.15, 0.2) is 0 Å². The number of amides is 1. The monoisotopic (exact) mass is 202 g/mol. The number of carbonyl (C=O) groups is 1. The van der Waals surface area contributed by atoms with Gasteiger partial charge in [-0.3, -0.25) is 4.79 Å². The molecule has 5 nitrogen and oxygen atoms in total. The predicted molar refractivity (Wildman–Crippen MR) is 51.9 cm³/mol. The molecule has 1 atom stereocenters. The smallest absolute Gasteiger partial charge is 0.219 e. The van der Waals surface area contributed by atoms with Gasteiger partial charge in [-0.1, -0.05) is 6.92 Å². The van der Waals surface area contributed by atoms with Gasteiger partial charge in [-0.2, -0.15) is 0 Å². The highest BCUT2D eigenvalue weighted by Crippen LogP contribution is 2.00. The lowest BCUT2D eigenvalue weighted by Crippen LogP contribution is -2.54. The SMILES string of the molecule is CCC(=O)NCC(CO)NC1COC1. The van der Waals surface area contributed by atoms with Crippen molar-refractivity contribution in [1.82, 2.24) is 10.6 Å². The van der Waals surface area contributed by atoms with Crippen LogP contribution in [0.4, 0.5) is 0 Å². The van der Waals surface area contributed by atoms with E-state index in [9.17, 15) is 4.79 Å². The molecule has 1 rings (SSSR count). The van der Waals surface area contributed by atoms with Crippen LogP contribution in [-0.2, 0) is 9.53 Å². The molecular formula is C9H18N2O3. The van der Waals surface area contributed by atoms with Gasteiger partial charge in [-0.25, -0.2) is 0 Å². The van der Waals surface area contributed by atoms with Crippen molar-refractivity contribution in [2.75, 3.05) is 26.4 Å². The molecule has 1 aliphatic rings. The zero-order valence-corrected chi connectivity index (χ0v) is 8.45. The predicted octanol–water partition coefficient (Wildman–Crippen LogP) is -1.14. The Morgan fingerprint density at radius 3 is 2.79 bits per heavy atom. The van der Waals surface area contributed by atoms with Crippen molar-refractivity contribution in [3.8, 4) is 0 Å². The number of hydrogen-bond donors (Lipinski definition) is 3. The van der Waals surface area contributed by atoms with E-state index in [1.54, 1.807) is 6.92 Å². The van der Waals surface area contributed by atoms with Crippen molar-refractivity contribution >= 4 is 5.91 Å². The summed E-state index contributed by atoms with van der Waals surface area (Å²) in [5.41, 5.74) is 0. The molecule has 3 N–H and O–H groups in total. The van der Waals surface area contributed by atoms with Crippen LogP contribution in [0.2, 0.25) is 0 Å². The van der Waals surface area contributed by atoms with E-state index >= 15 is 0 Å². The zero-order valence-electron chi connectivity index (χ0n) is 8.45. The van der Waals surface area contributed by atoms with Crippen LogP contribution in [0.5, 0.6) is 0 Å². The summed E-state index contributed by atoms with van der Waals surface area (Å²) < 4.78 is 5.00. The van der Waals surface area contributed by atoms with E-state index in [0.717, 1.165) is 0 Å². The molecule has 1 heterocycles. The van der Waals surface area contributed by atoms with E-state index in [0.29, 0.717) is 32.2 Å². The topological polar surface area (TPSA) is 70.6 Å². The van der Waals surface area contributed by atoms with Gasteiger partial charge in [0.05, 0.1) is 25.9 Å². The van der Waals surface area contributed by atoms with Crippen molar-refractivity contribution < 1.29 is 14.6 Å². The quantitative estimate of drug-likeness (QED) is 0.509. The third-order valence-corrected chi connectivity index (χ3v) is 2.20. The van der Waals surface area contributed by atoms with E-state index < -0.39 is 0 Å². The summed E-state index contributed by atoms with van der Waals surface area (Å²) in [5, 5.41) is 15.0. The number of aliphatic hydroxyl groups excluding tert-OH is 1. The van der Waals surface area contributed by atoms with E-state index in [1.165, 1.54) is 0 Å². The largest absolute Gasteiger partial charge is 0.395 e. The number of carbonyl (C=O) groups excluding carboxylic acids is 1. The van der Waals surface area contributed by atoms with Gasteiger partial charge >= 0.3 is 0 Å². The Bertz CT molecular complexity index is 183. The van der Waals surface area contributed by atoms with Gasteiger partial charge in [-0.05, 0) is 0 Å². The lowest BCUT2D eigenvalue weighted by Gasteiger charge is -2.30. The Kier molecular flexibility index (Phi) is 4.86. The minimum absolute atomic E-state index is 0.00936. The number of nitrogens with one attached hydrogen (secondary N) is 2. The molecule has 5 heteroatoms. The van der Waals surface area contributed by atoms with Gasteiger partial charge in [0.1, 0.15) is 0 Å². The molecule has 0 saturated carbocycles. The number of hydrogen-bond acceptors (Lipinski definition) is 4. The molecule has 0 aliphatic carbocycles. The zero-order chi connectivity index (χ0) is 10.4. The Balaban J connectivity index is 2.13. The first-order valence-electron chi connectivity index (χ1n) is 4.97. The third kappa shape index (κ3) is 3.61. The number of ether oxygens (including phenoxy) is 1. The maximum absolute atomic E-state index is 11.0. The van der Waals surface area contributed by atoms with Crippen LogP contribution < -0.4 is 10.6 Å². The van der Waals surface area contributed by atoms with Crippen molar-refractivity contribution in [1.29, 1.82) is 0 Å². The van der Waals surface area contributed by atoms with E-state index in [1.807, 2.05) is 0 Å². The van der Waals surface area contributed by atoms with E-state index in [2.05, 4.69) is 10.6 Å². The Hall–Kier alpha value is -0.650. The summed E-state index contributed by atoms with van der Waals surface area (Å²) in [6.07, 6.45) is 0.477. The molecule has 1 aliphatic heterocycles. The minimum atomic E-state index is -0.0700. The van der Waals surface area contributed by atoms with Crippen LogP contribution in [0.1, 0.15) is 13.3 Å². The average Bonchev–Trinajstić information content (AvgIpc) is 2.15. The highest BCUT2D eigenvalue weighted by Gasteiger charge is 2.21. The van der Waals surface area contributed by atoms with Crippen molar-refractivity contribution in [3.63, 3.8) is 0 Å². The van der Waals surface area contributed by atoms with Crippen molar-refractivity contribution in [2.45, 2.75) is 25.4 Å². The second kappa shape index (κ2) is 5.95. The molecule has 0 aromatic carbocycles. The maximum Gasteiger partial charge on any atom is 0.219 e. The summed E-state index contributed by atoms with van der Waals surface area (Å²) in [6, 6.07) is 0.255. The first-order valence-corrected chi connectivity index (χ1v) is 4.97. The molecule has 14 heavy (non-hydrogen) atoms. The third-order valence-electron chi connectivity index (χ3n) is 2.20. The molecular weight excluding hydrogens is 184 g/mol. The normalized spacial score (nSPS) is 18.7. The Labute approximate surface area is 83.8 Å². The lowest BCUT2D eigenvalue weighted by atomic mass is 10.2. The van der Waals surface area contributed by atoms with Crippen LogP contribution >= 0.6 is 0 Å². The second-order valence-corrected chi connectivity index (χ2v) is 3.44. The first kappa shape index (κ1) is 11.4. The fraction of sp³-hybridized carbons (Fsp3) is 0.889. The van der Waals surface area contributed by atoms with Crippen molar-refractivity contribution in [3.05, 3.63) is 0 Å². The summed E-state index contributed by atoms with van der Waals surface area (Å²) in [6.45, 7) is 3.69. The highest BCUT2D eigenvalue weighted by molar-refractivity contribution is 5.75. The van der Waals surface area contributed by atoms with Gasteiger partial charge in [0.15, 0.2) is 0 Å². The molecule has 82 valence electrons. The van der Waals surface area contributed by atoms with Gasteiger partial charge in [-0.15, -0.1) is 0 Å². The van der Waals surface area contributed by atoms with Crippen LogP contribution in [-0.4, -0.2) is 49.5 Å². The summed E-state index contributed by atoms with van der Waals surface area (Å²) in [5.74, 6) is 0.00936. The van der Waals surface area contributed by atoms with E-state index in [4.69, 9.17) is 9.84 Å². The molecule has 1 saturated heterocycles. The minimum Gasteiger partial charge on any atom is -0.395 e. The molecule has 0 radical (unpaired) electrons. The molecule has 1 fully saturated rings. The standard InChI is InChI=1S/C9H18N2O3/c1-2-9(13)10-3-7(4-12)11-8-5-14-6-8/h7-8,11-12H,2-6H2,1H3,(H,10,13). The van der Waals surface area contributed by atoms with Gasteiger partial charge < -0.3 is 20.5 Å². The van der Waals surface area contributed by atoms with Gasteiger partial charge in [0.2, 0.25) is 5.91 Å². The molecule has 0 aromatic heterocycles. The van der Waals surface area contributed by atoms with Gasteiger partial charge in [0, 0.05) is 19.0 Å². The maximum atomic E-state index is 11.0. The average molecular weight is 202 g/mol. The summed E-state index contributed by atoms with van der Waals surface area (Å²) in [4.78, 5) is 11.0. The summed E-state index contributed by atoms with van der Waals surface area (Å²) in [7, 11) is 0. The van der Waals surface area contributed by atoms with Crippen LogP contribution in [0.25, 0.3) is 0 Å². The fourth-order valence-electron chi connectivity index (χ4n) is 1.20. The lowest BCUT2D eigenvalue weighted by molar-refractivity contribution is -0.120. The molecule has 0 spiro atoms. The van der Waals surface area contributed by atoms with Crippen molar-refractivity contribution in [2.24, 2.45) is 0 Å². The number of aliphatic hydroxyl groups is 1. The highest BCUT2D eigenvalue weighted by atomic mass is 16.5. The number of rotatable bonds is 6. The van der Waals surface area contributed by atoms with E-state index in [-0.39, 0.29) is 18.6 Å².